The van der Waals surface area contributed by atoms with Crippen molar-refractivity contribution >= 4 is 11.3 Å². The molecule has 1 N–H and O–H groups in total. The fourth-order valence-corrected chi connectivity index (χ4v) is 1.51. The highest BCUT2D eigenvalue weighted by Crippen LogP contribution is 2.17. The van der Waals surface area contributed by atoms with E-state index < -0.39 is 0 Å². The van der Waals surface area contributed by atoms with Crippen molar-refractivity contribution in [3.05, 3.63) is 5.01 Å². The van der Waals surface area contributed by atoms with E-state index in [4.69, 9.17) is 4.74 Å². The summed E-state index contributed by atoms with van der Waals surface area (Å²) in [4.78, 5) is 0. The highest BCUT2D eigenvalue weighted by molar-refractivity contribution is 7.13. The topological polar surface area (TPSA) is 47.0 Å². The molecule has 1 aromatic heterocycles. The number of ether oxygens (including phenoxy) is 1. The molecule has 0 saturated heterocycles. The number of hydrogen-bond acceptors (Lipinski definition) is 5. The van der Waals surface area contributed by atoms with Crippen LogP contribution in [0, 0.1) is 0 Å². The van der Waals surface area contributed by atoms with Gasteiger partial charge in [-0.25, -0.2) is 0 Å². The van der Waals surface area contributed by atoms with Crippen molar-refractivity contribution in [1.82, 2.24) is 15.5 Å². The monoisotopic (exact) mass is 215 g/mol. The molecule has 1 aromatic rings. The molecule has 0 amide bonds. The third kappa shape index (κ3) is 4.02. The summed E-state index contributed by atoms with van der Waals surface area (Å²) in [7, 11) is 0. The molecule has 5 heteroatoms. The lowest BCUT2D eigenvalue weighted by Crippen LogP contribution is -2.21. The van der Waals surface area contributed by atoms with Gasteiger partial charge in [0.25, 0.3) is 5.19 Å². The van der Waals surface area contributed by atoms with E-state index >= 15 is 0 Å². The lowest BCUT2D eigenvalue weighted by atomic mass is 10.4. The maximum Gasteiger partial charge on any atom is 0.294 e. The van der Waals surface area contributed by atoms with Gasteiger partial charge in [0.15, 0.2) is 0 Å². The van der Waals surface area contributed by atoms with Gasteiger partial charge in [-0.2, -0.15) is 0 Å². The molecular formula is C9H17N3OS. The number of aromatic nitrogens is 2. The van der Waals surface area contributed by atoms with Crippen LogP contribution in [0.15, 0.2) is 0 Å². The highest BCUT2D eigenvalue weighted by Gasteiger charge is 2.04. The Morgan fingerprint density at radius 2 is 2.21 bits per heavy atom. The zero-order valence-corrected chi connectivity index (χ0v) is 9.73. The molecule has 0 aliphatic heterocycles. The predicted molar refractivity (Wildman–Crippen MR) is 57.7 cm³/mol. The summed E-state index contributed by atoms with van der Waals surface area (Å²) in [5.74, 6) is 0. The number of nitrogens with one attached hydrogen (secondary N) is 1. The van der Waals surface area contributed by atoms with E-state index in [9.17, 15) is 0 Å². The van der Waals surface area contributed by atoms with Crippen LogP contribution >= 0.6 is 11.3 Å². The summed E-state index contributed by atoms with van der Waals surface area (Å²) in [5, 5.41) is 12.9. The predicted octanol–water partition coefficient (Wildman–Crippen LogP) is 1.82. The van der Waals surface area contributed by atoms with Crippen LogP contribution in [0.3, 0.4) is 0 Å². The first kappa shape index (κ1) is 11.4. The minimum absolute atomic E-state index is 0.471. The molecule has 80 valence electrons. The van der Waals surface area contributed by atoms with Crippen LogP contribution in [0.5, 0.6) is 5.19 Å². The quantitative estimate of drug-likeness (QED) is 0.786. The van der Waals surface area contributed by atoms with Crippen LogP contribution in [0.4, 0.5) is 0 Å². The van der Waals surface area contributed by atoms with Gasteiger partial charge in [-0.15, -0.1) is 10.2 Å². The van der Waals surface area contributed by atoms with Crippen LogP contribution in [0.1, 0.15) is 32.2 Å². The third-order valence-corrected chi connectivity index (χ3v) is 2.38. The third-order valence-electron chi connectivity index (χ3n) is 1.54. The molecule has 0 aliphatic rings. The Bertz CT molecular complexity index is 262. The summed E-state index contributed by atoms with van der Waals surface area (Å²) < 4.78 is 5.36. The molecule has 0 fully saturated rings. The van der Waals surface area contributed by atoms with Crippen LogP contribution in [0.25, 0.3) is 0 Å². The fraction of sp³-hybridized carbons (Fsp3) is 0.778. The van der Waals surface area contributed by atoms with Gasteiger partial charge in [0.2, 0.25) is 0 Å². The summed E-state index contributed by atoms with van der Waals surface area (Å²) in [6.45, 7) is 7.77. The maximum atomic E-state index is 5.36. The smallest absolute Gasteiger partial charge is 0.294 e. The van der Waals surface area contributed by atoms with Crippen molar-refractivity contribution in [1.29, 1.82) is 0 Å². The van der Waals surface area contributed by atoms with Gasteiger partial charge in [-0.05, 0) is 6.42 Å². The molecule has 0 bridgehead atoms. The molecule has 0 unspecified atom stereocenters. The summed E-state index contributed by atoms with van der Waals surface area (Å²) in [5.41, 5.74) is 0. The van der Waals surface area contributed by atoms with Crippen molar-refractivity contribution in [3.63, 3.8) is 0 Å². The molecule has 1 rings (SSSR count). The minimum Gasteiger partial charge on any atom is -0.469 e. The van der Waals surface area contributed by atoms with Gasteiger partial charge in [0.1, 0.15) is 5.01 Å². The summed E-state index contributed by atoms with van der Waals surface area (Å²) in [6.07, 6.45) is 0.999. The van der Waals surface area contributed by atoms with E-state index in [2.05, 4.69) is 36.3 Å². The first-order valence-corrected chi connectivity index (χ1v) is 5.72. The van der Waals surface area contributed by atoms with E-state index in [1.165, 1.54) is 11.3 Å². The number of nitrogens with zero attached hydrogens (tertiary/aromatic N) is 2. The largest absolute Gasteiger partial charge is 0.469 e. The van der Waals surface area contributed by atoms with E-state index in [0.717, 1.165) is 18.0 Å². The normalized spacial score (nSPS) is 10.9. The van der Waals surface area contributed by atoms with Gasteiger partial charge >= 0.3 is 0 Å². The molecule has 0 radical (unpaired) electrons. The summed E-state index contributed by atoms with van der Waals surface area (Å²) in [6, 6.07) is 0.471. The average Bonchev–Trinajstić information content (AvgIpc) is 2.59. The standard InChI is InChI=1S/C9H17N3OS/c1-4-5-13-9-12-11-8(14-9)6-10-7(2)3/h7,10H,4-6H2,1-3H3. The number of rotatable bonds is 6. The van der Waals surface area contributed by atoms with Gasteiger partial charge in [0, 0.05) is 6.04 Å². The maximum absolute atomic E-state index is 5.36. The van der Waals surface area contributed by atoms with Crippen molar-refractivity contribution in [2.75, 3.05) is 6.61 Å². The van der Waals surface area contributed by atoms with Gasteiger partial charge in [-0.3, -0.25) is 0 Å². The first-order chi connectivity index (χ1) is 6.72. The lowest BCUT2D eigenvalue weighted by Gasteiger charge is -2.03. The highest BCUT2D eigenvalue weighted by atomic mass is 32.1. The second-order valence-electron chi connectivity index (χ2n) is 3.35. The van der Waals surface area contributed by atoms with Crippen molar-refractivity contribution in [2.24, 2.45) is 0 Å². The molecule has 4 nitrogen and oxygen atoms in total. The van der Waals surface area contributed by atoms with E-state index in [1.807, 2.05) is 0 Å². The Balaban J connectivity index is 2.35. The van der Waals surface area contributed by atoms with Crippen LogP contribution in [-0.2, 0) is 6.54 Å². The Labute approximate surface area is 88.7 Å². The van der Waals surface area contributed by atoms with Gasteiger partial charge in [-0.1, -0.05) is 32.1 Å². The molecule has 1 heterocycles. The second-order valence-corrected chi connectivity index (χ2v) is 4.37. The van der Waals surface area contributed by atoms with E-state index in [1.54, 1.807) is 0 Å². The SMILES string of the molecule is CCCOc1nnc(CNC(C)C)s1. The molecule has 0 saturated carbocycles. The molecular weight excluding hydrogens is 198 g/mol. The van der Waals surface area contributed by atoms with Gasteiger partial charge in [0.05, 0.1) is 13.2 Å². The van der Waals surface area contributed by atoms with Crippen molar-refractivity contribution in [2.45, 2.75) is 39.8 Å². The van der Waals surface area contributed by atoms with Crippen LogP contribution in [0.2, 0.25) is 0 Å². The molecule has 0 atom stereocenters. The second kappa shape index (κ2) is 5.93. The number of hydrogen-bond donors (Lipinski definition) is 1. The van der Waals surface area contributed by atoms with Crippen molar-refractivity contribution in [3.8, 4) is 5.19 Å². The molecule has 0 aliphatic carbocycles. The van der Waals surface area contributed by atoms with E-state index in [-0.39, 0.29) is 0 Å². The molecule has 14 heavy (non-hydrogen) atoms. The summed E-state index contributed by atoms with van der Waals surface area (Å²) >= 11 is 1.51. The van der Waals surface area contributed by atoms with E-state index in [0.29, 0.717) is 17.8 Å². The Morgan fingerprint density at radius 1 is 1.43 bits per heavy atom. The zero-order valence-electron chi connectivity index (χ0n) is 8.91. The van der Waals surface area contributed by atoms with Crippen molar-refractivity contribution < 1.29 is 4.74 Å². The van der Waals surface area contributed by atoms with Crippen LogP contribution < -0.4 is 10.1 Å². The lowest BCUT2D eigenvalue weighted by molar-refractivity contribution is 0.313. The zero-order chi connectivity index (χ0) is 10.4. The minimum atomic E-state index is 0.471. The van der Waals surface area contributed by atoms with Crippen LogP contribution in [-0.4, -0.2) is 22.8 Å². The van der Waals surface area contributed by atoms with Gasteiger partial charge < -0.3 is 10.1 Å². The molecule has 0 aromatic carbocycles. The Kier molecular flexibility index (Phi) is 4.82. The Hall–Kier alpha value is -0.680. The Morgan fingerprint density at radius 3 is 2.86 bits per heavy atom. The molecule has 0 spiro atoms. The first-order valence-electron chi connectivity index (χ1n) is 4.91. The fourth-order valence-electron chi connectivity index (χ4n) is 0.849. The average molecular weight is 215 g/mol.